The van der Waals surface area contributed by atoms with Crippen LogP contribution < -0.4 is 5.73 Å². The summed E-state index contributed by atoms with van der Waals surface area (Å²) in [5, 5.41) is 0.902. The normalized spacial score (nSPS) is 10.3. The highest BCUT2D eigenvalue weighted by Crippen LogP contribution is 2.20. The molecule has 0 unspecified atom stereocenters. The minimum absolute atomic E-state index is 0.558. The molecule has 3 heteroatoms. The van der Waals surface area contributed by atoms with Crippen molar-refractivity contribution in [1.29, 1.82) is 0 Å². The number of aromatic nitrogens is 1. The average Bonchev–Trinajstić information content (AvgIpc) is 2.49. The number of hydrogen-bond acceptors (Lipinski definition) is 2. The molecular formula is C9H8N2O. The maximum atomic E-state index is 10.4. The Hall–Kier alpha value is -1.77. The minimum Gasteiger partial charge on any atom is -0.398 e. The van der Waals surface area contributed by atoms with Crippen LogP contribution in [-0.2, 0) is 0 Å². The van der Waals surface area contributed by atoms with Gasteiger partial charge in [0, 0.05) is 16.6 Å². The lowest BCUT2D eigenvalue weighted by Crippen LogP contribution is -1.82. The Balaban J connectivity index is 2.82. The molecule has 60 valence electrons. The second kappa shape index (κ2) is 2.37. The standard InChI is InChI=1S/C9H8N2O/c10-8-2-1-3-9-7(8)4-6(5-12)11-9/h1-5,11H,10H2. The molecule has 0 saturated heterocycles. The van der Waals surface area contributed by atoms with Crippen molar-refractivity contribution in [3.8, 4) is 0 Å². The fourth-order valence-electron chi connectivity index (χ4n) is 1.26. The summed E-state index contributed by atoms with van der Waals surface area (Å²) in [7, 11) is 0. The number of nitrogens with two attached hydrogens (primary N) is 1. The van der Waals surface area contributed by atoms with Crippen LogP contribution in [0.1, 0.15) is 10.5 Å². The van der Waals surface area contributed by atoms with Gasteiger partial charge < -0.3 is 10.7 Å². The zero-order valence-electron chi connectivity index (χ0n) is 6.37. The molecule has 0 amide bonds. The SMILES string of the molecule is Nc1cccc2[nH]c(C=O)cc12. The molecule has 0 atom stereocenters. The number of aromatic amines is 1. The van der Waals surface area contributed by atoms with Gasteiger partial charge in [0.15, 0.2) is 6.29 Å². The summed E-state index contributed by atoms with van der Waals surface area (Å²) in [5.74, 6) is 0. The number of H-pyrrole nitrogens is 1. The van der Waals surface area contributed by atoms with E-state index in [0.29, 0.717) is 11.4 Å². The number of hydrogen-bond donors (Lipinski definition) is 2. The summed E-state index contributed by atoms with van der Waals surface area (Å²) < 4.78 is 0. The maximum Gasteiger partial charge on any atom is 0.166 e. The van der Waals surface area contributed by atoms with Crippen LogP contribution in [0, 0.1) is 0 Å². The smallest absolute Gasteiger partial charge is 0.166 e. The molecule has 2 rings (SSSR count). The second-order valence-electron chi connectivity index (χ2n) is 2.65. The Kier molecular flexibility index (Phi) is 1.37. The number of anilines is 1. The Morgan fingerprint density at radius 1 is 1.42 bits per heavy atom. The van der Waals surface area contributed by atoms with Crippen LogP contribution in [0.15, 0.2) is 24.3 Å². The van der Waals surface area contributed by atoms with E-state index in [2.05, 4.69) is 4.98 Å². The number of aldehydes is 1. The fourth-order valence-corrected chi connectivity index (χ4v) is 1.26. The summed E-state index contributed by atoms with van der Waals surface area (Å²) in [6.45, 7) is 0. The molecule has 1 aromatic heterocycles. The van der Waals surface area contributed by atoms with Crippen LogP contribution in [-0.4, -0.2) is 11.3 Å². The predicted octanol–water partition coefficient (Wildman–Crippen LogP) is 1.56. The Morgan fingerprint density at radius 3 is 2.92 bits per heavy atom. The summed E-state index contributed by atoms with van der Waals surface area (Å²) in [6.07, 6.45) is 0.777. The van der Waals surface area contributed by atoms with Crippen LogP contribution in [0.3, 0.4) is 0 Å². The van der Waals surface area contributed by atoms with Crippen molar-refractivity contribution in [1.82, 2.24) is 4.98 Å². The van der Waals surface area contributed by atoms with E-state index < -0.39 is 0 Å². The van der Waals surface area contributed by atoms with Gasteiger partial charge in [-0.2, -0.15) is 0 Å². The van der Waals surface area contributed by atoms with Crippen molar-refractivity contribution < 1.29 is 4.79 Å². The van der Waals surface area contributed by atoms with Crippen LogP contribution >= 0.6 is 0 Å². The Bertz CT molecular complexity index is 431. The molecular weight excluding hydrogens is 152 g/mol. The van der Waals surface area contributed by atoms with E-state index in [-0.39, 0.29) is 0 Å². The molecule has 1 aromatic carbocycles. The third-order valence-corrected chi connectivity index (χ3v) is 1.85. The zero-order valence-corrected chi connectivity index (χ0v) is 6.37. The van der Waals surface area contributed by atoms with Gasteiger partial charge in [-0.25, -0.2) is 0 Å². The molecule has 2 aromatic rings. The van der Waals surface area contributed by atoms with Crippen molar-refractivity contribution in [2.75, 3.05) is 5.73 Å². The molecule has 1 heterocycles. The lowest BCUT2D eigenvalue weighted by atomic mass is 10.2. The first-order valence-corrected chi connectivity index (χ1v) is 3.63. The number of nitrogen functional groups attached to an aromatic ring is 1. The number of fused-ring (bicyclic) bond motifs is 1. The molecule has 0 bridgehead atoms. The van der Waals surface area contributed by atoms with Gasteiger partial charge in [0.1, 0.15) is 0 Å². The highest BCUT2D eigenvalue weighted by Gasteiger charge is 2.00. The second-order valence-corrected chi connectivity index (χ2v) is 2.65. The van der Waals surface area contributed by atoms with Gasteiger partial charge in [-0.3, -0.25) is 4.79 Å². The summed E-state index contributed by atoms with van der Waals surface area (Å²) in [5.41, 5.74) is 7.84. The first-order valence-electron chi connectivity index (χ1n) is 3.63. The topological polar surface area (TPSA) is 58.9 Å². The third-order valence-electron chi connectivity index (χ3n) is 1.85. The van der Waals surface area contributed by atoms with Gasteiger partial charge in [0.05, 0.1) is 5.69 Å². The third kappa shape index (κ3) is 0.871. The van der Waals surface area contributed by atoms with Crippen molar-refractivity contribution in [2.45, 2.75) is 0 Å². The summed E-state index contributed by atoms with van der Waals surface area (Å²) in [4.78, 5) is 13.4. The largest absolute Gasteiger partial charge is 0.398 e. The fraction of sp³-hybridized carbons (Fsp3) is 0. The highest BCUT2D eigenvalue weighted by molar-refractivity contribution is 5.95. The summed E-state index contributed by atoms with van der Waals surface area (Å²) in [6, 6.07) is 7.30. The first-order chi connectivity index (χ1) is 5.81. The molecule has 3 nitrogen and oxygen atoms in total. The number of benzene rings is 1. The summed E-state index contributed by atoms with van der Waals surface area (Å²) >= 11 is 0. The maximum absolute atomic E-state index is 10.4. The van der Waals surface area contributed by atoms with E-state index in [9.17, 15) is 4.79 Å². The quantitative estimate of drug-likeness (QED) is 0.491. The van der Waals surface area contributed by atoms with Gasteiger partial charge in [-0.1, -0.05) is 6.07 Å². The highest BCUT2D eigenvalue weighted by atomic mass is 16.1. The first kappa shape index (κ1) is 6.91. The number of rotatable bonds is 1. The molecule has 0 aliphatic heterocycles. The van der Waals surface area contributed by atoms with E-state index in [1.807, 2.05) is 18.2 Å². The van der Waals surface area contributed by atoms with Crippen LogP contribution in [0.4, 0.5) is 5.69 Å². The minimum atomic E-state index is 0.558. The molecule has 0 spiro atoms. The average molecular weight is 160 g/mol. The molecule has 0 aliphatic rings. The lowest BCUT2D eigenvalue weighted by Gasteiger charge is -1.92. The van der Waals surface area contributed by atoms with Gasteiger partial charge in [0.2, 0.25) is 0 Å². The van der Waals surface area contributed by atoms with Gasteiger partial charge in [-0.15, -0.1) is 0 Å². The Morgan fingerprint density at radius 2 is 2.25 bits per heavy atom. The van der Waals surface area contributed by atoms with Crippen molar-refractivity contribution in [3.63, 3.8) is 0 Å². The molecule has 12 heavy (non-hydrogen) atoms. The molecule has 0 radical (unpaired) electrons. The Labute approximate surface area is 69.2 Å². The van der Waals surface area contributed by atoms with Crippen LogP contribution in [0.25, 0.3) is 10.9 Å². The van der Waals surface area contributed by atoms with E-state index >= 15 is 0 Å². The predicted molar refractivity (Wildman–Crippen MR) is 48.1 cm³/mol. The number of carbonyl (C=O) groups is 1. The molecule has 0 saturated carbocycles. The molecule has 0 fully saturated rings. The molecule has 0 aliphatic carbocycles. The zero-order chi connectivity index (χ0) is 8.55. The number of nitrogens with one attached hydrogen (secondary N) is 1. The lowest BCUT2D eigenvalue weighted by molar-refractivity contribution is 0.112. The van der Waals surface area contributed by atoms with E-state index in [4.69, 9.17) is 5.73 Å². The van der Waals surface area contributed by atoms with Crippen LogP contribution in [0.5, 0.6) is 0 Å². The molecule has 3 N–H and O–H groups in total. The van der Waals surface area contributed by atoms with Gasteiger partial charge in [-0.05, 0) is 18.2 Å². The van der Waals surface area contributed by atoms with E-state index in [0.717, 1.165) is 17.2 Å². The van der Waals surface area contributed by atoms with Crippen molar-refractivity contribution >= 4 is 22.9 Å². The van der Waals surface area contributed by atoms with E-state index in [1.165, 1.54) is 0 Å². The van der Waals surface area contributed by atoms with E-state index in [1.54, 1.807) is 6.07 Å². The monoisotopic (exact) mass is 160 g/mol. The van der Waals surface area contributed by atoms with Gasteiger partial charge in [0.25, 0.3) is 0 Å². The number of carbonyl (C=O) groups excluding carboxylic acids is 1. The van der Waals surface area contributed by atoms with Crippen molar-refractivity contribution in [2.24, 2.45) is 0 Å². The van der Waals surface area contributed by atoms with Gasteiger partial charge >= 0.3 is 0 Å². The van der Waals surface area contributed by atoms with Crippen molar-refractivity contribution in [3.05, 3.63) is 30.0 Å². The van der Waals surface area contributed by atoms with Crippen LogP contribution in [0.2, 0.25) is 0 Å².